The maximum atomic E-state index is 13.0. The largest absolute Gasteiger partial charge is 0.497 e. The molecule has 3 aromatic rings. The fourth-order valence-corrected chi connectivity index (χ4v) is 3.89. The van der Waals surface area contributed by atoms with E-state index in [1.165, 1.54) is 23.2 Å². The number of fused-ring (bicyclic) bond motifs is 1. The Morgan fingerprint density at radius 1 is 1.26 bits per heavy atom. The molecule has 0 unspecified atom stereocenters. The number of ether oxygens (including phenoxy) is 1. The molecule has 23 heavy (non-hydrogen) atoms. The van der Waals surface area contributed by atoms with Crippen molar-refractivity contribution in [2.45, 2.75) is 11.3 Å². The third-order valence-electron chi connectivity index (χ3n) is 3.63. The number of methoxy groups -OCH3 is 1. The molecule has 3 rings (SSSR count). The van der Waals surface area contributed by atoms with Gasteiger partial charge in [-0.05, 0) is 42.8 Å². The molecule has 0 aliphatic heterocycles. The van der Waals surface area contributed by atoms with Crippen LogP contribution < -0.4 is 10.5 Å². The van der Waals surface area contributed by atoms with Gasteiger partial charge in [-0.3, -0.25) is 0 Å². The van der Waals surface area contributed by atoms with Gasteiger partial charge in [-0.25, -0.2) is 17.4 Å². The van der Waals surface area contributed by atoms with Crippen molar-refractivity contribution in [1.29, 1.82) is 0 Å². The van der Waals surface area contributed by atoms with Crippen molar-refractivity contribution in [1.82, 2.24) is 8.96 Å². The number of benzene rings is 1. The lowest BCUT2D eigenvalue weighted by atomic mass is 10.2. The smallest absolute Gasteiger partial charge is 0.269 e. The molecule has 0 radical (unpaired) electrons. The Bertz CT molecular complexity index is 948. The summed E-state index contributed by atoms with van der Waals surface area (Å²) in [5.74, 6) is 0.484. The van der Waals surface area contributed by atoms with Crippen molar-refractivity contribution >= 4 is 21.1 Å². The van der Waals surface area contributed by atoms with Gasteiger partial charge < -0.3 is 10.5 Å². The first kappa shape index (κ1) is 15.5. The molecular weight excluding hydrogens is 314 g/mol. The van der Waals surface area contributed by atoms with E-state index in [1.807, 2.05) is 6.07 Å². The van der Waals surface area contributed by atoms with Gasteiger partial charge in [0.1, 0.15) is 5.75 Å². The van der Waals surface area contributed by atoms with Gasteiger partial charge in [0.2, 0.25) is 0 Å². The van der Waals surface area contributed by atoms with Crippen molar-refractivity contribution in [3.05, 3.63) is 54.4 Å². The third-order valence-corrected chi connectivity index (χ3v) is 5.27. The van der Waals surface area contributed by atoms with Crippen molar-refractivity contribution in [2.75, 3.05) is 13.7 Å². The molecule has 0 fully saturated rings. The molecule has 1 aromatic carbocycles. The summed E-state index contributed by atoms with van der Waals surface area (Å²) in [7, 11) is -2.26. The number of nitrogens with zero attached hydrogens (tertiary/aromatic N) is 2. The van der Waals surface area contributed by atoms with Gasteiger partial charge in [0, 0.05) is 23.8 Å². The fourth-order valence-electron chi connectivity index (χ4n) is 2.51. The maximum Gasteiger partial charge on any atom is 0.269 e. The first-order chi connectivity index (χ1) is 11.1. The summed E-state index contributed by atoms with van der Waals surface area (Å²) in [6, 6.07) is 10.0. The van der Waals surface area contributed by atoms with Crippen LogP contribution in [-0.4, -0.2) is 31.0 Å². The predicted molar refractivity (Wildman–Crippen MR) is 88.1 cm³/mol. The summed E-state index contributed by atoms with van der Waals surface area (Å²) in [6.45, 7) is 0.438. The van der Waals surface area contributed by atoms with Crippen LogP contribution in [-0.2, 0) is 16.4 Å². The standard InChI is InChI=1S/C16H17N3O3S/c1-22-13-4-2-5-14(10-13)23(20,21)19-11-12(7-8-17)15-6-3-9-18-16(15)19/h2-6,9-11H,7-8,17H2,1H3. The first-order valence-corrected chi connectivity index (χ1v) is 8.56. The molecule has 2 heterocycles. The maximum absolute atomic E-state index is 13.0. The third kappa shape index (κ3) is 2.69. The molecule has 0 atom stereocenters. The summed E-state index contributed by atoms with van der Waals surface area (Å²) in [5.41, 5.74) is 6.89. The molecule has 0 bridgehead atoms. The van der Waals surface area contributed by atoms with Crippen LogP contribution in [0, 0.1) is 0 Å². The molecule has 6 nitrogen and oxygen atoms in total. The van der Waals surface area contributed by atoms with Crippen LogP contribution in [0.1, 0.15) is 5.56 Å². The van der Waals surface area contributed by atoms with E-state index in [1.54, 1.807) is 30.6 Å². The monoisotopic (exact) mass is 331 g/mol. The summed E-state index contributed by atoms with van der Waals surface area (Å²) >= 11 is 0. The van der Waals surface area contributed by atoms with Crippen LogP contribution in [0.5, 0.6) is 5.75 Å². The number of rotatable bonds is 5. The zero-order chi connectivity index (χ0) is 16.4. The number of pyridine rings is 1. The van der Waals surface area contributed by atoms with Crippen LogP contribution in [0.15, 0.2) is 53.7 Å². The predicted octanol–water partition coefficient (Wildman–Crippen LogP) is 1.78. The zero-order valence-corrected chi connectivity index (χ0v) is 13.5. The molecule has 7 heteroatoms. The van der Waals surface area contributed by atoms with Crippen molar-refractivity contribution in [2.24, 2.45) is 5.73 Å². The van der Waals surface area contributed by atoms with E-state index in [2.05, 4.69) is 4.98 Å². The summed E-state index contributed by atoms with van der Waals surface area (Å²) in [6.07, 6.45) is 3.76. The molecule has 0 spiro atoms. The average molecular weight is 331 g/mol. The highest BCUT2D eigenvalue weighted by molar-refractivity contribution is 7.90. The van der Waals surface area contributed by atoms with Crippen LogP contribution in [0.25, 0.3) is 11.0 Å². The van der Waals surface area contributed by atoms with E-state index < -0.39 is 10.0 Å². The Labute approximate surface area is 134 Å². The van der Waals surface area contributed by atoms with Crippen molar-refractivity contribution in [3.8, 4) is 5.75 Å². The molecular formula is C16H17N3O3S. The second kappa shape index (κ2) is 6.02. The SMILES string of the molecule is COc1cccc(S(=O)(=O)n2cc(CCN)c3cccnc32)c1. The lowest BCUT2D eigenvalue weighted by Gasteiger charge is -2.08. The number of nitrogens with two attached hydrogens (primary N) is 1. The average Bonchev–Trinajstić information content (AvgIpc) is 2.95. The number of aromatic nitrogens is 2. The Kier molecular flexibility index (Phi) is 4.06. The minimum atomic E-state index is -3.76. The molecule has 0 saturated heterocycles. The lowest BCUT2D eigenvalue weighted by Crippen LogP contribution is -2.12. The second-order valence-corrected chi connectivity index (χ2v) is 6.86. The van der Waals surface area contributed by atoms with E-state index in [0.29, 0.717) is 24.4 Å². The molecule has 0 aliphatic carbocycles. The normalized spacial score (nSPS) is 11.7. The fraction of sp³-hybridized carbons (Fsp3) is 0.188. The summed E-state index contributed by atoms with van der Waals surface area (Å²) in [4.78, 5) is 4.38. The van der Waals surface area contributed by atoms with E-state index in [9.17, 15) is 8.42 Å². The molecule has 0 amide bonds. The highest BCUT2D eigenvalue weighted by Gasteiger charge is 2.22. The minimum Gasteiger partial charge on any atom is -0.497 e. The quantitative estimate of drug-likeness (QED) is 0.770. The van der Waals surface area contributed by atoms with E-state index in [-0.39, 0.29) is 4.90 Å². The highest BCUT2D eigenvalue weighted by Crippen LogP contribution is 2.26. The Morgan fingerprint density at radius 3 is 2.83 bits per heavy atom. The Morgan fingerprint density at radius 2 is 2.09 bits per heavy atom. The Hall–Kier alpha value is -2.38. The molecule has 2 N–H and O–H groups in total. The van der Waals surface area contributed by atoms with Crippen LogP contribution >= 0.6 is 0 Å². The topological polar surface area (TPSA) is 87.2 Å². The van der Waals surface area contributed by atoms with E-state index >= 15 is 0 Å². The van der Waals surface area contributed by atoms with E-state index in [0.717, 1.165) is 10.9 Å². The number of hydrogen-bond donors (Lipinski definition) is 1. The van der Waals surface area contributed by atoms with Crippen molar-refractivity contribution in [3.63, 3.8) is 0 Å². The van der Waals surface area contributed by atoms with Gasteiger partial charge in [-0.15, -0.1) is 0 Å². The van der Waals surface area contributed by atoms with Gasteiger partial charge in [0.15, 0.2) is 5.65 Å². The molecule has 2 aromatic heterocycles. The van der Waals surface area contributed by atoms with Crippen LogP contribution in [0.3, 0.4) is 0 Å². The van der Waals surface area contributed by atoms with Gasteiger partial charge in [-0.2, -0.15) is 0 Å². The summed E-state index contributed by atoms with van der Waals surface area (Å²) < 4.78 is 32.3. The molecule has 0 saturated carbocycles. The van der Waals surface area contributed by atoms with Crippen molar-refractivity contribution < 1.29 is 13.2 Å². The van der Waals surface area contributed by atoms with Crippen LogP contribution in [0.4, 0.5) is 0 Å². The van der Waals surface area contributed by atoms with Gasteiger partial charge in [-0.1, -0.05) is 6.07 Å². The summed E-state index contributed by atoms with van der Waals surface area (Å²) in [5, 5.41) is 0.796. The van der Waals surface area contributed by atoms with Crippen LogP contribution in [0.2, 0.25) is 0 Å². The van der Waals surface area contributed by atoms with Gasteiger partial charge in [0.05, 0.1) is 12.0 Å². The molecule has 0 aliphatic rings. The lowest BCUT2D eigenvalue weighted by molar-refractivity contribution is 0.413. The molecule has 120 valence electrons. The minimum absolute atomic E-state index is 0.152. The first-order valence-electron chi connectivity index (χ1n) is 7.12. The van der Waals surface area contributed by atoms with Gasteiger partial charge >= 0.3 is 0 Å². The van der Waals surface area contributed by atoms with E-state index in [4.69, 9.17) is 10.5 Å². The number of hydrogen-bond acceptors (Lipinski definition) is 5. The highest BCUT2D eigenvalue weighted by atomic mass is 32.2. The second-order valence-electron chi connectivity index (χ2n) is 5.05. The zero-order valence-electron chi connectivity index (χ0n) is 12.6. The van der Waals surface area contributed by atoms with Gasteiger partial charge in [0.25, 0.3) is 10.0 Å². The Balaban J connectivity index is 2.22.